The summed E-state index contributed by atoms with van der Waals surface area (Å²) in [6, 6.07) is 21.8. The zero-order valence-electron chi connectivity index (χ0n) is 22.9. The van der Waals surface area contributed by atoms with Gasteiger partial charge in [0, 0.05) is 51.0 Å². The van der Waals surface area contributed by atoms with E-state index in [1.807, 2.05) is 35.2 Å². The molecule has 2 fully saturated rings. The second-order valence-corrected chi connectivity index (χ2v) is 10.8. The number of piperidine rings is 1. The number of piperazine rings is 1. The summed E-state index contributed by atoms with van der Waals surface area (Å²) in [6.07, 6.45) is 2.02. The fraction of sp³-hybridized carbons (Fsp3) is 0.406. The van der Waals surface area contributed by atoms with Gasteiger partial charge < -0.3 is 20.2 Å². The maximum atomic E-state index is 14.4. The highest BCUT2D eigenvalue weighted by molar-refractivity contribution is 5.60. The van der Waals surface area contributed by atoms with Gasteiger partial charge in [-0.15, -0.1) is 0 Å². The van der Waals surface area contributed by atoms with Gasteiger partial charge in [-0.25, -0.2) is 4.39 Å². The average Bonchev–Trinajstić information content (AvgIpc) is 2.96. The summed E-state index contributed by atoms with van der Waals surface area (Å²) < 4.78 is 14.4. The summed E-state index contributed by atoms with van der Waals surface area (Å²) in [5.74, 6) is -0.241. The maximum Gasteiger partial charge on any atom is 0.146 e. The highest BCUT2D eigenvalue weighted by Gasteiger charge is 2.29. The Labute approximate surface area is 231 Å². The van der Waals surface area contributed by atoms with Crippen LogP contribution in [0, 0.1) is 31.0 Å². The fourth-order valence-electron chi connectivity index (χ4n) is 6.01. The number of para-hydroxylation sites is 2. The number of hydrogen-bond donors (Lipinski definition) is 2. The van der Waals surface area contributed by atoms with E-state index in [9.17, 15) is 14.8 Å². The lowest BCUT2D eigenvalue weighted by molar-refractivity contribution is 0.164. The quantitative estimate of drug-likeness (QED) is 0.447. The van der Waals surface area contributed by atoms with Crippen molar-refractivity contribution < 1.29 is 9.50 Å². The Hall–Kier alpha value is -3.60. The molecule has 204 valence electrons. The van der Waals surface area contributed by atoms with Crippen LogP contribution in [-0.4, -0.2) is 61.4 Å². The number of nitriles is 1. The van der Waals surface area contributed by atoms with Gasteiger partial charge in [0.2, 0.25) is 0 Å². The van der Waals surface area contributed by atoms with Crippen molar-refractivity contribution in [1.29, 1.82) is 5.26 Å². The van der Waals surface area contributed by atoms with Gasteiger partial charge >= 0.3 is 0 Å². The van der Waals surface area contributed by atoms with Crippen molar-refractivity contribution in [1.82, 2.24) is 4.90 Å². The molecule has 6 nitrogen and oxygen atoms in total. The lowest BCUT2D eigenvalue weighted by Gasteiger charge is -2.42. The largest absolute Gasteiger partial charge is 0.394 e. The molecule has 1 unspecified atom stereocenters. The van der Waals surface area contributed by atoms with Gasteiger partial charge in [-0.2, -0.15) is 5.26 Å². The Kier molecular flexibility index (Phi) is 8.35. The number of aliphatic hydroxyl groups is 1. The number of aliphatic hydroxyl groups excluding tert-OH is 1. The lowest BCUT2D eigenvalue weighted by atomic mass is 9.99. The summed E-state index contributed by atoms with van der Waals surface area (Å²) in [6.45, 7) is 9.12. The van der Waals surface area contributed by atoms with E-state index in [4.69, 9.17) is 0 Å². The number of nitrogens with one attached hydrogen (secondary N) is 1. The van der Waals surface area contributed by atoms with Crippen LogP contribution in [-0.2, 0) is 6.54 Å². The molecule has 0 aliphatic carbocycles. The topological polar surface area (TPSA) is 65.8 Å². The molecule has 1 atom stereocenters. The molecular weight excluding hydrogens is 489 g/mol. The van der Waals surface area contributed by atoms with Crippen molar-refractivity contribution in [3.63, 3.8) is 0 Å². The number of aryl methyl sites for hydroxylation is 2. The van der Waals surface area contributed by atoms with Crippen LogP contribution in [0.4, 0.5) is 21.5 Å². The average molecular weight is 528 g/mol. The molecule has 3 aromatic rings. The van der Waals surface area contributed by atoms with Gasteiger partial charge in [0.15, 0.2) is 0 Å². The maximum absolute atomic E-state index is 14.4. The molecule has 2 N–H and O–H groups in total. The first-order valence-electron chi connectivity index (χ1n) is 13.9. The van der Waals surface area contributed by atoms with Gasteiger partial charge in [0.05, 0.1) is 29.6 Å². The first-order valence-corrected chi connectivity index (χ1v) is 13.9. The molecule has 3 aromatic carbocycles. The van der Waals surface area contributed by atoms with Gasteiger partial charge in [-0.05, 0) is 73.7 Å². The predicted molar refractivity (Wildman–Crippen MR) is 156 cm³/mol. The van der Waals surface area contributed by atoms with E-state index < -0.39 is 0 Å². The molecule has 5 rings (SSSR count). The molecule has 0 saturated carbocycles. The van der Waals surface area contributed by atoms with Gasteiger partial charge in [-0.3, -0.25) is 4.90 Å². The van der Waals surface area contributed by atoms with Crippen molar-refractivity contribution in [3.05, 3.63) is 88.7 Å². The number of benzene rings is 3. The Morgan fingerprint density at radius 3 is 2.38 bits per heavy atom. The van der Waals surface area contributed by atoms with Gasteiger partial charge in [0.25, 0.3) is 0 Å². The molecule has 0 amide bonds. The van der Waals surface area contributed by atoms with Crippen LogP contribution < -0.4 is 15.1 Å². The highest BCUT2D eigenvalue weighted by atomic mass is 19.1. The highest BCUT2D eigenvalue weighted by Crippen LogP contribution is 2.29. The third-order valence-electron chi connectivity index (χ3n) is 8.24. The molecule has 7 heteroatoms. The van der Waals surface area contributed by atoms with Crippen LogP contribution in [0.15, 0.2) is 60.7 Å². The monoisotopic (exact) mass is 527 g/mol. The molecule has 0 aromatic heterocycles. The third-order valence-corrected chi connectivity index (χ3v) is 8.24. The molecule has 0 radical (unpaired) electrons. The second kappa shape index (κ2) is 12.1. The number of hydrogen-bond acceptors (Lipinski definition) is 6. The first kappa shape index (κ1) is 27.0. The smallest absolute Gasteiger partial charge is 0.146 e. The normalized spacial score (nSPS) is 18.7. The molecule has 2 aliphatic heterocycles. The Morgan fingerprint density at radius 1 is 0.949 bits per heavy atom. The molecule has 0 bridgehead atoms. The minimum atomic E-state index is -0.241. The van der Waals surface area contributed by atoms with E-state index in [-0.39, 0.29) is 18.5 Å². The van der Waals surface area contributed by atoms with Crippen molar-refractivity contribution in [2.24, 2.45) is 0 Å². The number of nitrogens with zero attached hydrogens (tertiary/aromatic N) is 4. The summed E-state index contributed by atoms with van der Waals surface area (Å²) in [7, 11) is 0. The van der Waals surface area contributed by atoms with Crippen LogP contribution in [0.3, 0.4) is 0 Å². The van der Waals surface area contributed by atoms with Gasteiger partial charge in [0.1, 0.15) is 11.9 Å². The molecule has 2 saturated heterocycles. The van der Waals surface area contributed by atoms with E-state index in [1.54, 1.807) is 12.1 Å². The van der Waals surface area contributed by atoms with E-state index in [0.29, 0.717) is 24.8 Å². The molecule has 39 heavy (non-hydrogen) atoms. The van der Waals surface area contributed by atoms with Crippen LogP contribution >= 0.6 is 0 Å². The van der Waals surface area contributed by atoms with Crippen LogP contribution in [0.1, 0.15) is 35.1 Å². The standard InChI is InChI=1S/C32H38FN5O/c1-23-17-24(2)30(35-27-11-13-37(14-12-27)31-9-5-3-7-25(31)19-34)18-26(23)20-36-15-16-38(28(21-36)22-39)32-10-6-4-8-29(32)33/h3-10,17-18,27-28,35,39H,11-16,20-22H2,1-2H3. The SMILES string of the molecule is Cc1cc(C)c(NC2CCN(c3ccccc3C#N)CC2)cc1CN1CCN(c2ccccc2F)C(CO)C1. The van der Waals surface area contributed by atoms with Crippen molar-refractivity contribution in [3.8, 4) is 6.07 Å². The summed E-state index contributed by atoms with van der Waals surface area (Å²) in [5, 5.41) is 23.4. The summed E-state index contributed by atoms with van der Waals surface area (Å²) in [4.78, 5) is 6.69. The molecule has 0 spiro atoms. The van der Waals surface area contributed by atoms with E-state index in [1.165, 1.54) is 28.4 Å². The number of anilines is 3. The summed E-state index contributed by atoms with van der Waals surface area (Å²) >= 11 is 0. The van der Waals surface area contributed by atoms with Crippen molar-refractivity contribution in [2.45, 2.75) is 45.3 Å². The van der Waals surface area contributed by atoms with Crippen LogP contribution in [0.2, 0.25) is 0 Å². The Bertz CT molecular complexity index is 1330. The first-order chi connectivity index (χ1) is 19.0. The van der Waals surface area contributed by atoms with E-state index in [0.717, 1.165) is 50.3 Å². The van der Waals surface area contributed by atoms with Crippen LogP contribution in [0.5, 0.6) is 0 Å². The Balaban J connectivity index is 1.22. The zero-order chi connectivity index (χ0) is 27.4. The van der Waals surface area contributed by atoms with E-state index in [2.05, 4.69) is 47.2 Å². The lowest BCUT2D eigenvalue weighted by Crippen LogP contribution is -2.54. The molecule has 2 heterocycles. The number of rotatable bonds is 7. The molecular formula is C32H38FN5O. The summed E-state index contributed by atoms with van der Waals surface area (Å²) in [5.41, 5.74) is 7.29. The fourth-order valence-corrected chi connectivity index (χ4v) is 6.01. The van der Waals surface area contributed by atoms with E-state index >= 15 is 0 Å². The number of halogens is 1. The third kappa shape index (κ3) is 6.03. The van der Waals surface area contributed by atoms with Crippen LogP contribution in [0.25, 0.3) is 0 Å². The minimum Gasteiger partial charge on any atom is -0.394 e. The second-order valence-electron chi connectivity index (χ2n) is 10.8. The molecule has 2 aliphatic rings. The zero-order valence-corrected chi connectivity index (χ0v) is 22.9. The van der Waals surface area contributed by atoms with Gasteiger partial charge in [-0.1, -0.05) is 30.3 Å². The Morgan fingerprint density at radius 2 is 1.67 bits per heavy atom. The predicted octanol–water partition coefficient (Wildman–Crippen LogP) is 5.08. The minimum absolute atomic E-state index is 0.0118. The van der Waals surface area contributed by atoms with Crippen molar-refractivity contribution in [2.75, 3.05) is 54.4 Å². The van der Waals surface area contributed by atoms with Crippen molar-refractivity contribution >= 4 is 17.1 Å².